The van der Waals surface area contributed by atoms with E-state index in [0.717, 1.165) is 24.8 Å². The average Bonchev–Trinajstić information content (AvgIpc) is 3.15. The van der Waals surface area contributed by atoms with Crippen LogP contribution in [0.25, 0.3) is 11.3 Å². The highest BCUT2D eigenvalue weighted by Crippen LogP contribution is 2.39. The minimum atomic E-state index is -3.02. The number of benzene rings is 1. The summed E-state index contributed by atoms with van der Waals surface area (Å²) in [5.41, 5.74) is 0.579. The molecule has 200 valence electrons. The lowest BCUT2D eigenvalue weighted by molar-refractivity contribution is -0.0495. The predicted molar refractivity (Wildman–Crippen MR) is 138 cm³/mol. The van der Waals surface area contributed by atoms with Crippen LogP contribution in [0.4, 0.5) is 8.78 Å². The summed E-state index contributed by atoms with van der Waals surface area (Å²) in [6, 6.07) is 5.18. The molecule has 1 fully saturated rings. The van der Waals surface area contributed by atoms with Crippen LogP contribution in [-0.4, -0.2) is 39.6 Å². The van der Waals surface area contributed by atoms with Crippen LogP contribution in [0, 0.1) is 11.3 Å². The fourth-order valence-electron chi connectivity index (χ4n) is 4.62. The third-order valence-corrected chi connectivity index (χ3v) is 7.71. The van der Waals surface area contributed by atoms with Crippen molar-refractivity contribution in [1.29, 1.82) is 0 Å². The lowest BCUT2D eigenvalue weighted by Gasteiger charge is -2.34. The lowest BCUT2D eigenvalue weighted by atomic mass is 9.79. The Bertz CT molecular complexity index is 1060. The van der Waals surface area contributed by atoms with E-state index in [4.69, 9.17) is 16.3 Å². The Balaban J connectivity index is 1.92. The van der Waals surface area contributed by atoms with Crippen LogP contribution in [0.1, 0.15) is 82.8 Å². The molecule has 1 aliphatic rings. The monoisotopic (exact) mass is 525 g/mol. The Labute approximate surface area is 217 Å². The molecule has 36 heavy (non-hydrogen) atoms. The van der Waals surface area contributed by atoms with Gasteiger partial charge >= 0.3 is 6.61 Å². The summed E-state index contributed by atoms with van der Waals surface area (Å²) < 4.78 is 33.1. The number of carbonyl (C=O) groups excluding carboxylic acids is 1. The Morgan fingerprint density at radius 1 is 1.33 bits per heavy atom. The fraction of sp³-hybridized carbons (Fsp3) is 0.630. The van der Waals surface area contributed by atoms with E-state index in [2.05, 4.69) is 38.1 Å². The van der Waals surface area contributed by atoms with Crippen molar-refractivity contribution in [3.05, 3.63) is 34.5 Å². The van der Waals surface area contributed by atoms with Gasteiger partial charge in [0, 0.05) is 18.7 Å². The molecular formula is C27H38ClF2N3O3. The van der Waals surface area contributed by atoms with E-state index >= 15 is 0 Å². The quantitative estimate of drug-likeness (QED) is 0.372. The highest BCUT2D eigenvalue weighted by molar-refractivity contribution is 6.36. The maximum atomic E-state index is 13.3. The van der Waals surface area contributed by atoms with E-state index in [1.54, 1.807) is 12.1 Å². The van der Waals surface area contributed by atoms with Crippen molar-refractivity contribution in [3.8, 4) is 17.0 Å². The highest BCUT2D eigenvalue weighted by Gasteiger charge is 2.33. The summed E-state index contributed by atoms with van der Waals surface area (Å²) in [6.07, 6.45) is 4.67. The van der Waals surface area contributed by atoms with Crippen molar-refractivity contribution in [1.82, 2.24) is 15.1 Å². The molecule has 3 rings (SSSR count). The number of ether oxygens (including phenoxy) is 1. The second kappa shape index (κ2) is 11.5. The van der Waals surface area contributed by atoms with Crippen LogP contribution in [0.3, 0.4) is 0 Å². The molecule has 0 aliphatic heterocycles. The summed E-state index contributed by atoms with van der Waals surface area (Å²) >= 11 is 6.64. The summed E-state index contributed by atoms with van der Waals surface area (Å²) in [6.45, 7) is 7.75. The van der Waals surface area contributed by atoms with E-state index in [9.17, 15) is 18.7 Å². The van der Waals surface area contributed by atoms with Gasteiger partial charge in [-0.2, -0.15) is 13.9 Å². The number of hydrogen-bond donors (Lipinski definition) is 2. The number of carbonyl (C=O) groups is 1. The summed E-state index contributed by atoms with van der Waals surface area (Å²) in [4.78, 5) is 13.0. The molecule has 6 nitrogen and oxygen atoms in total. The van der Waals surface area contributed by atoms with E-state index in [-0.39, 0.29) is 28.4 Å². The molecule has 0 spiro atoms. The van der Waals surface area contributed by atoms with Crippen LogP contribution in [-0.2, 0) is 13.0 Å². The first-order chi connectivity index (χ1) is 16.9. The summed E-state index contributed by atoms with van der Waals surface area (Å²) in [7, 11) is 0. The van der Waals surface area contributed by atoms with Crippen LogP contribution >= 0.6 is 11.6 Å². The van der Waals surface area contributed by atoms with Gasteiger partial charge in [0.25, 0.3) is 5.91 Å². The Kier molecular flexibility index (Phi) is 9.04. The van der Waals surface area contributed by atoms with Crippen LogP contribution in [0.5, 0.6) is 5.75 Å². The van der Waals surface area contributed by atoms with Crippen LogP contribution in [0.2, 0.25) is 5.02 Å². The largest absolute Gasteiger partial charge is 0.434 e. The number of rotatable bonds is 10. The molecule has 1 aliphatic carbocycles. The molecule has 9 heteroatoms. The van der Waals surface area contributed by atoms with Crippen molar-refractivity contribution in [2.24, 2.45) is 11.3 Å². The molecule has 0 bridgehead atoms. The van der Waals surface area contributed by atoms with Gasteiger partial charge in [0.2, 0.25) is 0 Å². The van der Waals surface area contributed by atoms with Gasteiger partial charge in [-0.1, -0.05) is 51.8 Å². The number of amides is 1. The number of aryl methyl sites for hydroxylation is 1. The molecule has 1 heterocycles. The van der Waals surface area contributed by atoms with Gasteiger partial charge in [-0.25, -0.2) is 0 Å². The molecular weight excluding hydrogens is 488 g/mol. The Morgan fingerprint density at radius 3 is 2.58 bits per heavy atom. The second-order valence-corrected chi connectivity index (χ2v) is 11.2. The smallest absolute Gasteiger partial charge is 0.387 e. The maximum Gasteiger partial charge on any atom is 0.387 e. The van der Waals surface area contributed by atoms with E-state index in [1.807, 2.05) is 13.0 Å². The number of alkyl halides is 2. The standard InChI is InChI=1S/C27H38ClF2N3O3/c1-6-26(4,5)15-18-8-9-19(20(14-18)36-25(29)30)23-21(28)22(32-33(23)7-2)24(34)31-16-27(35)12-10-17(3)11-13-27/h8-9,14,17,25,35H,6-7,10-13,15-16H2,1-5H3,(H,31,34). The minimum absolute atomic E-state index is 0.00183. The number of aromatic nitrogens is 2. The zero-order valence-corrected chi connectivity index (χ0v) is 22.6. The third-order valence-electron chi connectivity index (χ3n) is 7.35. The maximum absolute atomic E-state index is 13.3. The van der Waals surface area contributed by atoms with E-state index in [0.29, 0.717) is 43.0 Å². The highest BCUT2D eigenvalue weighted by atomic mass is 35.5. The van der Waals surface area contributed by atoms with Gasteiger partial charge in [-0.15, -0.1) is 0 Å². The third kappa shape index (κ3) is 6.76. The van der Waals surface area contributed by atoms with Crippen molar-refractivity contribution in [3.63, 3.8) is 0 Å². The van der Waals surface area contributed by atoms with Gasteiger partial charge in [0.15, 0.2) is 5.69 Å². The van der Waals surface area contributed by atoms with Gasteiger partial charge in [0.1, 0.15) is 5.75 Å². The Morgan fingerprint density at radius 2 is 2.00 bits per heavy atom. The summed E-state index contributed by atoms with van der Waals surface area (Å²) in [5, 5.41) is 18.0. The molecule has 0 unspecified atom stereocenters. The first-order valence-corrected chi connectivity index (χ1v) is 13.1. The SMILES string of the molecule is CCn1nc(C(=O)NCC2(O)CCC(C)CC2)c(Cl)c1-c1ccc(CC(C)(C)CC)cc1OC(F)F. The van der Waals surface area contributed by atoms with Gasteiger partial charge in [-0.3, -0.25) is 9.48 Å². The number of hydrogen-bond acceptors (Lipinski definition) is 4. The zero-order valence-electron chi connectivity index (χ0n) is 21.8. The average molecular weight is 526 g/mol. The van der Waals surface area contributed by atoms with Gasteiger partial charge < -0.3 is 15.2 Å². The molecule has 1 aromatic heterocycles. The number of nitrogens with zero attached hydrogens (tertiary/aromatic N) is 2. The molecule has 0 radical (unpaired) electrons. The minimum Gasteiger partial charge on any atom is -0.434 e. The summed E-state index contributed by atoms with van der Waals surface area (Å²) in [5.74, 6) is 0.0314. The molecule has 0 saturated heterocycles. The molecule has 1 amide bonds. The van der Waals surface area contributed by atoms with Gasteiger partial charge in [0.05, 0.1) is 16.3 Å². The van der Waals surface area contributed by atoms with E-state index in [1.165, 1.54) is 4.68 Å². The predicted octanol–water partition coefficient (Wildman–Crippen LogP) is 6.47. The normalized spacial score (nSPS) is 20.6. The second-order valence-electron chi connectivity index (χ2n) is 10.8. The van der Waals surface area contributed by atoms with Gasteiger partial charge in [-0.05, 0) is 68.1 Å². The van der Waals surface area contributed by atoms with Crippen molar-refractivity contribution in [2.45, 2.75) is 91.9 Å². The van der Waals surface area contributed by atoms with E-state index < -0.39 is 18.1 Å². The van der Waals surface area contributed by atoms with Crippen molar-refractivity contribution in [2.75, 3.05) is 6.54 Å². The van der Waals surface area contributed by atoms with Crippen molar-refractivity contribution >= 4 is 17.5 Å². The van der Waals surface area contributed by atoms with Crippen molar-refractivity contribution < 1.29 is 23.4 Å². The zero-order chi connectivity index (χ0) is 26.7. The lowest BCUT2D eigenvalue weighted by Crippen LogP contribution is -2.45. The fourth-order valence-corrected chi connectivity index (χ4v) is 4.94. The number of nitrogens with one attached hydrogen (secondary N) is 1. The molecule has 1 saturated carbocycles. The first kappa shape index (κ1) is 28.4. The molecule has 2 N–H and O–H groups in total. The van der Waals surface area contributed by atoms with Crippen LogP contribution < -0.4 is 10.1 Å². The number of aliphatic hydroxyl groups is 1. The topological polar surface area (TPSA) is 76.4 Å². The molecule has 1 aromatic carbocycles. The molecule has 0 atom stereocenters. The van der Waals surface area contributed by atoms with Crippen LogP contribution in [0.15, 0.2) is 18.2 Å². The number of halogens is 3. The molecule has 2 aromatic rings. The first-order valence-electron chi connectivity index (χ1n) is 12.7. The Hall–Kier alpha value is -2.19.